The van der Waals surface area contributed by atoms with Gasteiger partial charge in [-0.1, -0.05) is 24.0 Å². The van der Waals surface area contributed by atoms with Gasteiger partial charge >= 0.3 is 5.97 Å². The van der Waals surface area contributed by atoms with Crippen molar-refractivity contribution < 1.29 is 19.1 Å². The fraction of sp³-hybridized carbons (Fsp3) is 0.292. The molecule has 4 rings (SSSR count). The topological polar surface area (TPSA) is 110 Å². The Labute approximate surface area is 216 Å². The Hall–Kier alpha value is -3.69. The maximum absolute atomic E-state index is 13.3. The molecule has 0 radical (unpaired) electrons. The maximum Gasteiger partial charge on any atom is 0.323 e. The number of carbonyl (C=O) groups excluding carboxylic acids is 1. The lowest BCUT2D eigenvalue weighted by molar-refractivity contribution is -0.140. The number of hydrogen-bond acceptors (Lipinski definition) is 8. The SMILES string of the molecule is Cc1c(/C=C2/SC(=S)N(CC(=O)O)C2=O)c(N2CCN(c3ccc(F)cc3)CC2)n(C)c(=O)c1C#N. The molecule has 2 saturated heterocycles. The average molecular weight is 528 g/mol. The summed E-state index contributed by atoms with van der Waals surface area (Å²) in [5.74, 6) is -1.47. The number of amides is 1. The van der Waals surface area contributed by atoms with E-state index in [1.165, 1.54) is 16.7 Å². The van der Waals surface area contributed by atoms with Crippen LogP contribution >= 0.6 is 24.0 Å². The molecular weight excluding hydrogens is 505 g/mol. The van der Waals surface area contributed by atoms with Gasteiger partial charge in [0.1, 0.15) is 34.1 Å². The van der Waals surface area contributed by atoms with Gasteiger partial charge in [-0.05, 0) is 42.8 Å². The van der Waals surface area contributed by atoms with E-state index in [0.29, 0.717) is 43.1 Å². The highest BCUT2D eigenvalue weighted by molar-refractivity contribution is 8.26. The van der Waals surface area contributed by atoms with Crippen LogP contribution in [0.15, 0.2) is 34.0 Å². The summed E-state index contributed by atoms with van der Waals surface area (Å²) in [6, 6.07) is 8.22. The molecule has 2 aliphatic rings. The van der Waals surface area contributed by atoms with Gasteiger partial charge in [0, 0.05) is 44.5 Å². The van der Waals surface area contributed by atoms with Crippen LogP contribution < -0.4 is 15.4 Å². The van der Waals surface area contributed by atoms with Crippen LogP contribution in [0.5, 0.6) is 0 Å². The molecule has 2 aromatic rings. The highest BCUT2D eigenvalue weighted by Crippen LogP contribution is 2.36. The summed E-state index contributed by atoms with van der Waals surface area (Å²) >= 11 is 6.18. The smallest absolute Gasteiger partial charge is 0.323 e. The van der Waals surface area contributed by atoms with Gasteiger partial charge in [-0.25, -0.2) is 4.39 Å². The Balaban J connectivity index is 1.72. The molecule has 0 aliphatic carbocycles. The number of piperazine rings is 1. The highest BCUT2D eigenvalue weighted by Gasteiger charge is 2.34. The summed E-state index contributed by atoms with van der Waals surface area (Å²) in [5, 5.41) is 18.7. The Morgan fingerprint density at radius 2 is 1.81 bits per heavy atom. The molecule has 0 atom stereocenters. The predicted octanol–water partition coefficient (Wildman–Crippen LogP) is 2.32. The van der Waals surface area contributed by atoms with Crippen LogP contribution in [0, 0.1) is 24.1 Å². The van der Waals surface area contributed by atoms with Gasteiger partial charge in [-0.3, -0.25) is 23.9 Å². The van der Waals surface area contributed by atoms with Gasteiger partial charge < -0.3 is 14.9 Å². The number of aromatic nitrogens is 1. The van der Waals surface area contributed by atoms with Crippen LogP contribution in [0.25, 0.3) is 6.08 Å². The standard InChI is InChI=1S/C24H22FN5O4S2/c1-14-17(11-19-23(34)30(13-20(31)32)24(35)36-19)21(27(2)22(33)18(14)12-26)29-9-7-28(8-10-29)16-5-3-15(25)4-6-16/h3-6,11H,7-10,13H2,1-2H3,(H,31,32)/b19-11+. The maximum atomic E-state index is 13.3. The molecule has 0 bridgehead atoms. The molecule has 36 heavy (non-hydrogen) atoms. The predicted molar refractivity (Wildman–Crippen MR) is 139 cm³/mol. The highest BCUT2D eigenvalue weighted by atomic mass is 32.2. The second-order valence-electron chi connectivity index (χ2n) is 8.33. The molecule has 0 unspecified atom stereocenters. The molecule has 186 valence electrons. The van der Waals surface area contributed by atoms with Crippen molar-refractivity contribution in [2.45, 2.75) is 6.92 Å². The Kier molecular flexibility index (Phi) is 7.14. The van der Waals surface area contributed by atoms with Crippen LogP contribution in [0.2, 0.25) is 0 Å². The second kappa shape index (κ2) is 10.1. The van der Waals surface area contributed by atoms with E-state index in [2.05, 4.69) is 4.90 Å². The molecule has 1 amide bonds. The average Bonchev–Trinajstić information content (AvgIpc) is 3.11. The van der Waals surface area contributed by atoms with Crippen LogP contribution in [-0.4, -0.2) is 63.5 Å². The fourth-order valence-electron chi connectivity index (χ4n) is 4.33. The van der Waals surface area contributed by atoms with Crippen LogP contribution in [0.4, 0.5) is 15.9 Å². The van der Waals surface area contributed by atoms with Gasteiger partial charge in [0.15, 0.2) is 0 Å². The Bertz CT molecular complexity index is 1390. The number of thioether (sulfide) groups is 1. The molecule has 3 heterocycles. The van der Waals surface area contributed by atoms with Gasteiger partial charge in [-0.15, -0.1) is 0 Å². The first-order valence-electron chi connectivity index (χ1n) is 11.0. The third-order valence-corrected chi connectivity index (χ3v) is 7.56. The number of thiocarbonyl (C=S) groups is 1. The van der Waals surface area contributed by atoms with Crippen molar-refractivity contribution in [3.63, 3.8) is 0 Å². The number of nitrogens with zero attached hydrogens (tertiary/aromatic N) is 5. The molecule has 2 aliphatic heterocycles. The van der Waals surface area contributed by atoms with Crippen molar-refractivity contribution in [2.24, 2.45) is 7.05 Å². The molecule has 2 fully saturated rings. The van der Waals surface area contributed by atoms with E-state index < -0.39 is 24.0 Å². The van der Waals surface area contributed by atoms with E-state index in [1.807, 2.05) is 11.0 Å². The van der Waals surface area contributed by atoms with Gasteiger partial charge in [0.05, 0.1) is 4.91 Å². The van der Waals surface area contributed by atoms with Crippen molar-refractivity contribution in [1.29, 1.82) is 5.26 Å². The van der Waals surface area contributed by atoms with E-state index >= 15 is 0 Å². The van der Waals surface area contributed by atoms with E-state index in [1.54, 1.807) is 32.2 Å². The number of carbonyl (C=O) groups is 2. The van der Waals surface area contributed by atoms with Crippen molar-refractivity contribution in [3.8, 4) is 6.07 Å². The van der Waals surface area contributed by atoms with E-state index in [-0.39, 0.29) is 20.6 Å². The second-order valence-corrected chi connectivity index (χ2v) is 10.0. The molecule has 1 aromatic carbocycles. The monoisotopic (exact) mass is 527 g/mol. The van der Waals surface area contributed by atoms with E-state index in [4.69, 9.17) is 17.3 Å². The molecule has 0 saturated carbocycles. The van der Waals surface area contributed by atoms with Crippen molar-refractivity contribution >= 4 is 57.8 Å². The number of anilines is 2. The zero-order chi connectivity index (χ0) is 26.1. The molecule has 0 spiro atoms. The lowest BCUT2D eigenvalue weighted by atomic mass is 10.0. The third-order valence-electron chi connectivity index (χ3n) is 6.18. The number of carboxylic acid groups (broad SMARTS) is 1. The van der Waals surface area contributed by atoms with Gasteiger partial charge in [-0.2, -0.15) is 5.26 Å². The number of nitriles is 1. The number of rotatable bonds is 5. The van der Waals surface area contributed by atoms with Crippen molar-refractivity contribution in [1.82, 2.24) is 9.47 Å². The van der Waals surface area contributed by atoms with Crippen LogP contribution in [-0.2, 0) is 16.6 Å². The quantitative estimate of drug-likeness (QED) is 0.463. The molecular formula is C24H22FN5O4S2. The summed E-state index contributed by atoms with van der Waals surface area (Å²) in [4.78, 5) is 42.4. The first kappa shape index (κ1) is 25.4. The molecule has 1 N–H and O–H groups in total. The third kappa shape index (κ3) is 4.72. The first-order valence-corrected chi connectivity index (χ1v) is 12.2. The summed E-state index contributed by atoms with van der Waals surface area (Å²) in [6.07, 6.45) is 1.58. The number of benzene rings is 1. The lowest BCUT2D eigenvalue weighted by Gasteiger charge is -2.38. The fourth-order valence-corrected chi connectivity index (χ4v) is 5.56. The Morgan fingerprint density at radius 1 is 1.19 bits per heavy atom. The number of pyridine rings is 1. The number of hydrogen-bond donors (Lipinski definition) is 1. The first-order chi connectivity index (χ1) is 17.1. The van der Waals surface area contributed by atoms with E-state index in [0.717, 1.165) is 22.3 Å². The zero-order valence-corrected chi connectivity index (χ0v) is 21.2. The van der Waals surface area contributed by atoms with Gasteiger partial charge in [0.2, 0.25) is 0 Å². The Morgan fingerprint density at radius 3 is 2.39 bits per heavy atom. The van der Waals surface area contributed by atoms with E-state index in [9.17, 15) is 24.0 Å². The number of carboxylic acids is 1. The lowest BCUT2D eigenvalue weighted by Crippen LogP contribution is -2.48. The summed E-state index contributed by atoms with van der Waals surface area (Å²) < 4.78 is 14.9. The molecule has 9 nitrogen and oxygen atoms in total. The summed E-state index contributed by atoms with van der Waals surface area (Å²) in [7, 11) is 1.58. The number of halogens is 1. The largest absolute Gasteiger partial charge is 0.480 e. The minimum atomic E-state index is -1.18. The normalized spacial score (nSPS) is 17.2. The summed E-state index contributed by atoms with van der Waals surface area (Å²) in [5.41, 5.74) is 1.38. The number of aliphatic carboxylic acids is 1. The zero-order valence-electron chi connectivity index (χ0n) is 19.5. The van der Waals surface area contributed by atoms with Gasteiger partial charge in [0.25, 0.3) is 11.5 Å². The summed E-state index contributed by atoms with van der Waals surface area (Å²) in [6.45, 7) is 3.41. The van der Waals surface area contributed by atoms with Crippen LogP contribution in [0.1, 0.15) is 16.7 Å². The minimum Gasteiger partial charge on any atom is -0.480 e. The molecule has 1 aromatic heterocycles. The minimum absolute atomic E-state index is 0.0292. The van der Waals surface area contributed by atoms with Crippen LogP contribution in [0.3, 0.4) is 0 Å². The van der Waals surface area contributed by atoms with Crippen molar-refractivity contribution in [3.05, 3.63) is 62.0 Å². The van der Waals surface area contributed by atoms with Crippen molar-refractivity contribution in [2.75, 3.05) is 42.5 Å². The molecule has 12 heteroatoms.